The van der Waals surface area contributed by atoms with Crippen molar-refractivity contribution in [1.29, 1.82) is 0 Å². The molecule has 0 aliphatic rings. The highest BCUT2D eigenvalue weighted by atomic mass is 14.9. The fourth-order valence-electron chi connectivity index (χ4n) is 2.02. The van der Waals surface area contributed by atoms with Gasteiger partial charge in [-0.2, -0.15) is 0 Å². The van der Waals surface area contributed by atoms with Crippen molar-refractivity contribution >= 4 is 0 Å². The van der Waals surface area contributed by atoms with E-state index in [1.165, 1.54) is 5.56 Å². The van der Waals surface area contributed by atoms with Gasteiger partial charge in [-0.3, -0.25) is 0 Å². The first kappa shape index (κ1) is 14.1. The molecule has 1 aromatic rings. The smallest absolute Gasteiger partial charge is 0.125 e. The molecule has 2 N–H and O–H groups in total. The molecule has 96 valence electrons. The molecular weight excluding hydrogens is 210 g/mol. The minimum absolute atomic E-state index is 0.0703. The van der Waals surface area contributed by atoms with E-state index in [2.05, 4.69) is 37.7 Å². The fraction of sp³-hybridized carbons (Fsp3) is 0.714. The third kappa shape index (κ3) is 3.77. The molecule has 0 fully saturated rings. The number of aryl methyl sites for hydroxylation is 2. The summed E-state index contributed by atoms with van der Waals surface area (Å²) in [6, 6.07) is 0.225. The van der Waals surface area contributed by atoms with E-state index in [0.717, 1.165) is 30.1 Å². The molecule has 1 heterocycles. The Balaban J connectivity index is 3.11. The van der Waals surface area contributed by atoms with Crippen LogP contribution in [0.1, 0.15) is 56.9 Å². The molecule has 1 unspecified atom stereocenters. The highest BCUT2D eigenvalue weighted by Gasteiger charge is 2.21. The molecule has 0 spiro atoms. The van der Waals surface area contributed by atoms with Gasteiger partial charge in [0.2, 0.25) is 0 Å². The maximum atomic E-state index is 5.81. The summed E-state index contributed by atoms with van der Waals surface area (Å²) in [5.74, 6) is 0.861. The van der Waals surface area contributed by atoms with E-state index in [1.807, 2.05) is 13.8 Å². The number of rotatable bonds is 3. The van der Waals surface area contributed by atoms with Crippen LogP contribution in [-0.4, -0.2) is 16.0 Å². The van der Waals surface area contributed by atoms with Crippen LogP contribution in [0, 0.1) is 13.8 Å². The predicted octanol–water partition coefficient (Wildman–Crippen LogP) is 2.67. The molecule has 0 aromatic carbocycles. The number of nitrogens with zero attached hydrogens (tertiary/aromatic N) is 2. The zero-order valence-electron chi connectivity index (χ0n) is 12.0. The van der Waals surface area contributed by atoms with E-state index in [4.69, 9.17) is 5.73 Å². The van der Waals surface area contributed by atoms with Crippen LogP contribution in [0.4, 0.5) is 0 Å². The lowest BCUT2D eigenvalue weighted by Gasteiger charge is -2.22. The molecular formula is C14H25N3. The highest BCUT2D eigenvalue weighted by Crippen LogP contribution is 2.25. The van der Waals surface area contributed by atoms with Gasteiger partial charge >= 0.3 is 0 Å². The Morgan fingerprint density at radius 3 is 2.24 bits per heavy atom. The average Bonchev–Trinajstić information content (AvgIpc) is 2.17. The van der Waals surface area contributed by atoms with Gasteiger partial charge in [-0.1, -0.05) is 20.8 Å². The molecule has 0 saturated carbocycles. The summed E-state index contributed by atoms with van der Waals surface area (Å²) < 4.78 is 0. The summed E-state index contributed by atoms with van der Waals surface area (Å²) in [5, 5.41) is 0. The Hall–Kier alpha value is -0.960. The van der Waals surface area contributed by atoms with Crippen molar-refractivity contribution in [3.8, 4) is 0 Å². The van der Waals surface area contributed by atoms with Crippen LogP contribution in [0.25, 0.3) is 0 Å². The molecule has 1 rings (SSSR count). The standard InChI is InChI=1S/C14H25N3/c1-9(15)7-8-12-10(2)13(14(4,5)6)17-11(3)16-12/h9H,7-8,15H2,1-6H3. The van der Waals surface area contributed by atoms with E-state index in [9.17, 15) is 0 Å². The minimum Gasteiger partial charge on any atom is -0.328 e. The Kier molecular flexibility index (Phi) is 4.26. The van der Waals surface area contributed by atoms with Crippen LogP contribution in [0.3, 0.4) is 0 Å². The van der Waals surface area contributed by atoms with Gasteiger partial charge in [0.1, 0.15) is 5.82 Å². The van der Waals surface area contributed by atoms with Crippen molar-refractivity contribution < 1.29 is 0 Å². The zero-order chi connectivity index (χ0) is 13.2. The van der Waals surface area contributed by atoms with Crippen molar-refractivity contribution in [2.75, 3.05) is 0 Å². The Labute approximate surface area is 105 Å². The number of hydrogen-bond acceptors (Lipinski definition) is 3. The third-order valence-electron chi connectivity index (χ3n) is 2.91. The zero-order valence-corrected chi connectivity index (χ0v) is 12.0. The summed E-state index contributed by atoms with van der Waals surface area (Å²) in [6.45, 7) is 12.7. The van der Waals surface area contributed by atoms with Crippen LogP contribution in [0.5, 0.6) is 0 Å². The summed E-state index contributed by atoms with van der Waals surface area (Å²) >= 11 is 0. The molecule has 17 heavy (non-hydrogen) atoms. The van der Waals surface area contributed by atoms with Crippen molar-refractivity contribution in [3.05, 3.63) is 22.8 Å². The van der Waals surface area contributed by atoms with Gasteiger partial charge in [-0.05, 0) is 39.2 Å². The summed E-state index contributed by atoms with van der Waals surface area (Å²) in [5.41, 5.74) is 9.41. The van der Waals surface area contributed by atoms with Crippen LogP contribution in [-0.2, 0) is 11.8 Å². The van der Waals surface area contributed by atoms with E-state index in [0.29, 0.717) is 0 Å². The molecule has 1 aromatic heterocycles. The monoisotopic (exact) mass is 235 g/mol. The van der Waals surface area contributed by atoms with Gasteiger partial charge in [-0.15, -0.1) is 0 Å². The van der Waals surface area contributed by atoms with Gasteiger partial charge in [0, 0.05) is 17.2 Å². The van der Waals surface area contributed by atoms with Crippen molar-refractivity contribution in [3.63, 3.8) is 0 Å². The SMILES string of the molecule is Cc1nc(CCC(C)N)c(C)c(C(C)(C)C)n1. The van der Waals surface area contributed by atoms with Crippen LogP contribution in [0.15, 0.2) is 0 Å². The van der Waals surface area contributed by atoms with Crippen LogP contribution in [0.2, 0.25) is 0 Å². The number of hydrogen-bond donors (Lipinski definition) is 1. The summed E-state index contributed by atoms with van der Waals surface area (Å²) in [6.07, 6.45) is 1.91. The molecule has 3 nitrogen and oxygen atoms in total. The number of aromatic nitrogens is 2. The second-order valence-corrected chi connectivity index (χ2v) is 5.96. The Morgan fingerprint density at radius 1 is 1.18 bits per heavy atom. The molecule has 0 bridgehead atoms. The van der Waals surface area contributed by atoms with E-state index in [-0.39, 0.29) is 11.5 Å². The Bertz CT molecular complexity index is 389. The van der Waals surface area contributed by atoms with Gasteiger partial charge in [-0.25, -0.2) is 9.97 Å². The lowest BCUT2D eigenvalue weighted by Crippen LogP contribution is -2.20. The second-order valence-electron chi connectivity index (χ2n) is 5.96. The molecule has 0 radical (unpaired) electrons. The normalized spacial score (nSPS) is 13.8. The minimum atomic E-state index is 0.0703. The maximum absolute atomic E-state index is 5.81. The number of nitrogens with two attached hydrogens (primary N) is 1. The molecule has 0 aliphatic heterocycles. The lowest BCUT2D eigenvalue weighted by atomic mass is 9.87. The molecule has 0 amide bonds. The highest BCUT2D eigenvalue weighted by molar-refractivity contribution is 5.29. The quantitative estimate of drug-likeness (QED) is 0.876. The third-order valence-corrected chi connectivity index (χ3v) is 2.91. The van der Waals surface area contributed by atoms with Crippen molar-refractivity contribution in [1.82, 2.24) is 9.97 Å². The van der Waals surface area contributed by atoms with Gasteiger partial charge in [0.05, 0.1) is 5.69 Å². The van der Waals surface area contributed by atoms with Crippen molar-refractivity contribution in [2.24, 2.45) is 5.73 Å². The first-order valence-electron chi connectivity index (χ1n) is 6.32. The fourth-order valence-corrected chi connectivity index (χ4v) is 2.02. The van der Waals surface area contributed by atoms with E-state index in [1.54, 1.807) is 0 Å². The summed E-state index contributed by atoms with van der Waals surface area (Å²) in [7, 11) is 0. The molecule has 3 heteroatoms. The topological polar surface area (TPSA) is 51.8 Å². The molecule has 0 aliphatic carbocycles. The Morgan fingerprint density at radius 2 is 1.76 bits per heavy atom. The van der Waals surface area contributed by atoms with Crippen LogP contribution >= 0.6 is 0 Å². The van der Waals surface area contributed by atoms with E-state index >= 15 is 0 Å². The first-order chi connectivity index (χ1) is 7.71. The average molecular weight is 235 g/mol. The lowest BCUT2D eigenvalue weighted by molar-refractivity contribution is 0.553. The van der Waals surface area contributed by atoms with Gasteiger partial charge in [0.15, 0.2) is 0 Å². The largest absolute Gasteiger partial charge is 0.328 e. The van der Waals surface area contributed by atoms with Gasteiger partial charge < -0.3 is 5.73 Å². The van der Waals surface area contributed by atoms with Crippen LogP contribution < -0.4 is 5.73 Å². The molecule has 1 atom stereocenters. The van der Waals surface area contributed by atoms with Crippen molar-refractivity contribution in [2.45, 2.75) is 65.8 Å². The summed E-state index contributed by atoms with van der Waals surface area (Å²) in [4.78, 5) is 9.14. The van der Waals surface area contributed by atoms with Gasteiger partial charge in [0.25, 0.3) is 0 Å². The first-order valence-corrected chi connectivity index (χ1v) is 6.32. The molecule has 0 saturated heterocycles. The predicted molar refractivity (Wildman–Crippen MR) is 72.2 cm³/mol. The maximum Gasteiger partial charge on any atom is 0.125 e. The van der Waals surface area contributed by atoms with E-state index < -0.39 is 0 Å². The second kappa shape index (κ2) is 5.13.